The van der Waals surface area contributed by atoms with Gasteiger partial charge in [0.1, 0.15) is 5.82 Å². The van der Waals surface area contributed by atoms with Crippen molar-refractivity contribution in [2.75, 3.05) is 5.73 Å². The van der Waals surface area contributed by atoms with Gasteiger partial charge < -0.3 is 5.73 Å². The molecule has 5 aromatic rings. The van der Waals surface area contributed by atoms with Crippen LogP contribution in [0, 0.1) is 11.7 Å². The van der Waals surface area contributed by atoms with Crippen molar-refractivity contribution in [3.8, 4) is 28.1 Å². The number of aryl methyl sites for hydroxylation is 1. The van der Waals surface area contributed by atoms with Gasteiger partial charge in [0.05, 0.1) is 11.1 Å². The number of pyridine rings is 1. The summed E-state index contributed by atoms with van der Waals surface area (Å²) in [5, 5.41) is 0.791. The summed E-state index contributed by atoms with van der Waals surface area (Å²) in [6, 6.07) is 30.4. The van der Waals surface area contributed by atoms with Crippen molar-refractivity contribution in [2.24, 2.45) is 0 Å². The normalized spacial score (nSPS) is 11.0. The van der Waals surface area contributed by atoms with Crippen molar-refractivity contribution < 1.29 is 0 Å². The SMILES string of the molecule is Cc1ccc(-c2cc(-c3ccccc3)c3c(N)n(-c4ccccc4)c(=S)nc3n2)cc1. The highest BCUT2D eigenvalue weighted by Gasteiger charge is 2.17. The highest BCUT2D eigenvalue weighted by molar-refractivity contribution is 7.71. The number of nitrogens with zero attached hydrogens (tertiary/aromatic N) is 3. The summed E-state index contributed by atoms with van der Waals surface area (Å²) in [5.74, 6) is 0.531. The second-order valence-electron chi connectivity index (χ2n) is 7.44. The number of nitrogen functional groups attached to an aromatic ring is 1. The topological polar surface area (TPSA) is 56.7 Å². The Morgan fingerprint density at radius 3 is 2.10 bits per heavy atom. The third-order valence-corrected chi connectivity index (χ3v) is 5.61. The smallest absolute Gasteiger partial charge is 0.207 e. The van der Waals surface area contributed by atoms with Gasteiger partial charge in [-0.05, 0) is 48.5 Å². The van der Waals surface area contributed by atoms with Gasteiger partial charge in [-0.25, -0.2) is 4.98 Å². The van der Waals surface area contributed by atoms with E-state index in [4.69, 9.17) is 22.9 Å². The van der Waals surface area contributed by atoms with Crippen LogP contribution in [0.2, 0.25) is 0 Å². The summed E-state index contributed by atoms with van der Waals surface area (Å²) < 4.78 is 2.18. The molecule has 0 aliphatic heterocycles. The summed E-state index contributed by atoms with van der Waals surface area (Å²) in [6.07, 6.45) is 0. The minimum Gasteiger partial charge on any atom is -0.384 e. The van der Waals surface area contributed by atoms with Gasteiger partial charge in [-0.1, -0.05) is 78.4 Å². The predicted octanol–water partition coefficient (Wildman–Crippen LogP) is 6.37. The second-order valence-corrected chi connectivity index (χ2v) is 7.80. The number of nitrogens with two attached hydrogens (primary N) is 1. The molecule has 0 saturated heterocycles. The lowest BCUT2D eigenvalue weighted by Crippen LogP contribution is -2.09. The van der Waals surface area contributed by atoms with E-state index in [1.807, 2.05) is 48.5 Å². The first-order valence-corrected chi connectivity index (χ1v) is 10.4. The van der Waals surface area contributed by atoms with E-state index in [-0.39, 0.29) is 0 Å². The van der Waals surface area contributed by atoms with Gasteiger partial charge in [-0.3, -0.25) is 4.57 Å². The van der Waals surface area contributed by atoms with E-state index in [2.05, 4.69) is 54.4 Å². The average Bonchev–Trinajstić information content (AvgIpc) is 2.80. The summed E-state index contributed by atoms with van der Waals surface area (Å²) in [5.41, 5.74) is 13.2. The quantitative estimate of drug-likeness (QED) is 0.344. The highest BCUT2D eigenvalue weighted by Crippen LogP contribution is 2.35. The molecule has 4 nitrogen and oxygen atoms in total. The van der Waals surface area contributed by atoms with Crippen molar-refractivity contribution in [1.29, 1.82) is 0 Å². The molecule has 3 aromatic carbocycles. The van der Waals surface area contributed by atoms with Crippen LogP contribution in [0.5, 0.6) is 0 Å². The molecule has 2 aromatic heterocycles. The predicted molar refractivity (Wildman–Crippen MR) is 130 cm³/mol. The number of hydrogen-bond donors (Lipinski definition) is 1. The molecule has 0 atom stereocenters. The largest absolute Gasteiger partial charge is 0.384 e. The number of anilines is 1. The maximum atomic E-state index is 6.71. The number of aromatic nitrogens is 3. The molecule has 5 heteroatoms. The molecular formula is C26H20N4S. The number of rotatable bonds is 3. The van der Waals surface area contributed by atoms with Gasteiger partial charge in [0.25, 0.3) is 0 Å². The first-order chi connectivity index (χ1) is 15.1. The Kier molecular flexibility index (Phi) is 4.81. The standard InChI is InChI=1S/C26H20N4S/c1-17-12-14-19(15-13-17)22-16-21(18-8-4-2-5-9-18)23-24(27)30(20-10-6-3-7-11-20)26(31)29-25(23)28-22/h2-16H,27H2,1H3. The van der Waals surface area contributed by atoms with Crippen LogP contribution in [-0.2, 0) is 0 Å². The average molecular weight is 421 g/mol. The van der Waals surface area contributed by atoms with Gasteiger partial charge in [-0.15, -0.1) is 0 Å². The molecule has 150 valence electrons. The Labute approximate surface area is 185 Å². The Hall–Kier alpha value is -3.83. The van der Waals surface area contributed by atoms with E-state index in [1.54, 1.807) is 4.57 Å². The summed E-state index contributed by atoms with van der Waals surface area (Å²) in [4.78, 5) is 9.54. The molecule has 0 radical (unpaired) electrons. The van der Waals surface area contributed by atoms with Gasteiger partial charge >= 0.3 is 0 Å². The fourth-order valence-corrected chi connectivity index (χ4v) is 4.05. The number of fused-ring (bicyclic) bond motifs is 1. The molecule has 0 fully saturated rings. The van der Waals surface area contributed by atoms with Crippen LogP contribution in [0.3, 0.4) is 0 Å². The second kappa shape index (κ2) is 7.78. The van der Waals surface area contributed by atoms with Crippen molar-refractivity contribution in [3.05, 3.63) is 101 Å². The minimum absolute atomic E-state index is 0.378. The zero-order valence-corrected chi connectivity index (χ0v) is 17.8. The van der Waals surface area contributed by atoms with E-state index in [9.17, 15) is 0 Å². The van der Waals surface area contributed by atoms with E-state index in [1.165, 1.54) is 5.56 Å². The number of hydrogen-bond acceptors (Lipinski definition) is 4. The zero-order chi connectivity index (χ0) is 21.4. The van der Waals surface area contributed by atoms with Crippen LogP contribution < -0.4 is 5.73 Å². The van der Waals surface area contributed by atoms with Crippen LogP contribution in [0.1, 0.15) is 5.56 Å². The number of para-hydroxylation sites is 1. The van der Waals surface area contributed by atoms with Crippen molar-refractivity contribution in [2.45, 2.75) is 6.92 Å². The van der Waals surface area contributed by atoms with Crippen LogP contribution in [0.25, 0.3) is 39.1 Å². The van der Waals surface area contributed by atoms with Crippen LogP contribution >= 0.6 is 12.2 Å². The van der Waals surface area contributed by atoms with E-state index in [0.717, 1.165) is 33.5 Å². The molecular weight excluding hydrogens is 400 g/mol. The number of benzene rings is 3. The van der Waals surface area contributed by atoms with Crippen LogP contribution in [0.4, 0.5) is 5.82 Å². The lowest BCUT2D eigenvalue weighted by molar-refractivity contribution is 0.987. The molecule has 0 bridgehead atoms. The maximum absolute atomic E-state index is 6.71. The summed E-state index contributed by atoms with van der Waals surface area (Å²) in [6.45, 7) is 2.07. The Morgan fingerprint density at radius 1 is 0.774 bits per heavy atom. The monoisotopic (exact) mass is 420 g/mol. The Balaban J connectivity index is 1.86. The molecule has 0 aliphatic rings. The first kappa shape index (κ1) is 19.2. The first-order valence-electron chi connectivity index (χ1n) is 10.0. The molecule has 0 amide bonds. The van der Waals surface area contributed by atoms with Crippen molar-refractivity contribution in [3.63, 3.8) is 0 Å². The van der Waals surface area contributed by atoms with E-state index in [0.29, 0.717) is 16.2 Å². The van der Waals surface area contributed by atoms with E-state index >= 15 is 0 Å². The molecule has 0 aliphatic carbocycles. The summed E-state index contributed by atoms with van der Waals surface area (Å²) >= 11 is 5.62. The van der Waals surface area contributed by atoms with Gasteiger partial charge in [-0.2, -0.15) is 4.98 Å². The zero-order valence-electron chi connectivity index (χ0n) is 17.0. The lowest BCUT2D eigenvalue weighted by atomic mass is 9.99. The molecule has 0 spiro atoms. The molecule has 2 N–H and O–H groups in total. The minimum atomic E-state index is 0.378. The molecule has 0 unspecified atom stereocenters. The fourth-order valence-electron chi connectivity index (χ4n) is 3.76. The molecule has 31 heavy (non-hydrogen) atoms. The fraction of sp³-hybridized carbons (Fsp3) is 0.0385. The van der Waals surface area contributed by atoms with E-state index < -0.39 is 0 Å². The third kappa shape index (κ3) is 3.49. The Bertz CT molecular complexity index is 1440. The highest BCUT2D eigenvalue weighted by atomic mass is 32.1. The van der Waals surface area contributed by atoms with Gasteiger partial charge in [0.15, 0.2) is 5.65 Å². The summed E-state index contributed by atoms with van der Waals surface area (Å²) in [7, 11) is 0. The van der Waals surface area contributed by atoms with Gasteiger partial charge in [0, 0.05) is 11.3 Å². The Morgan fingerprint density at radius 2 is 1.42 bits per heavy atom. The molecule has 2 heterocycles. The lowest BCUT2D eigenvalue weighted by Gasteiger charge is -2.16. The maximum Gasteiger partial charge on any atom is 0.207 e. The molecule has 0 saturated carbocycles. The molecule has 5 rings (SSSR count). The van der Waals surface area contributed by atoms with Gasteiger partial charge in [0.2, 0.25) is 4.77 Å². The van der Waals surface area contributed by atoms with Crippen molar-refractivity contribution >= 4 is 29.1 Å². The third-order valence-electron chi connectivity index (χ3n) is 5.34. The van der Waals surface area contributed by atoms with Crippen molar-refractivity contribution in [1.82, 2.24) is 14.5 Å². The van der Waals surface area contributed by atoms with Crippen LogP contribution in [0.15, 0.2) is 91.0 Å². The van der Waals surface area contributed by atoms with Crippen LogP contribution in [-0.4, -0.2) is 14.5 Å².